The van der Waals surface area contributed by atoms with Gasteiger partial charge in [-0.2, -0.15) is 0 Å². The average Bonchev–Trinajstić information content (AvgIpc) is 2.31. The first-order valence-corrected chi connectivity index (χ1v) is 6.23. The predicted octanol–water partition coefficient (Wildman–Crippen LogP) is 0.696. The van der Waals surface area contributed by atoms with Crippen LogP contribution in [0.5, 0.6) is 5.75 Å². The van der Waals surface area contributed by atoms with E-state index in [1.54, 1.807) is 0 Å². The quantitative estimate of drug-likeness (QED) is 0.784. The maximum atomic E-state index is 11.6. The van der Waals surface area contributed by atoms with E-state index < -0.39 is 0 Å². The average molecular weight is 254 g/mol. The van der Waals surface area contributed by atoms with E-state index in [0.717, 1.165) is 18.7 Å². The molecule has 0 amide bonds. The number of aliphatic hydroxyl groups is 1. The zero-order chi connectivity index (χ0) is 13.7. The molecule has 1 heterocycles. The highest BCUT2D eigenvalue weighted by molar-refractivity contribution is 5.29. The highest BCUT2D eigenvalue weighted by Crippen LogP contribution is 2.16. The normalized spacial score (nSPS) is 11.2. The fourth-order valence-corrected chi connectivity index (χ4v) is 2.02. The molecule has 0 aliphatic carbocycles. The summed E-state index contributed by atoms with van der Waals surface area (Å²) in [6.45, 7) is 5.70. The third-order valence-corrected chi connectivity index (χ3v) is 2.95. The Hall–Kier alpha value is -1.33. The second-order valence-electron chi connectivity index (χ2n) is 4.56. The SMILES string of the molecule is CCCn1c(C)cc(=O)c(O)c1CN(C)CCO. The summed E-state index contributed by atoms with van der Waals surface area (Å²) >= 11 is 0. The molecule has 102 valence electrons. The van der Waals surface area contributed by atoms with Gasteiger partial charge in [0.25, 0.3) is 0 Å². The van der Waals surface area contributed by atoms with Crippen molar-refractivity contribution in [3.63, 3.8) is 0 Å². The number of pyridine rings is 1. The van der Waals surface area contributed by atoms with Gasteiger partial charge in [0.15, 0.2) is 5.75 Å². The van der Waals surface area contributed by atoms with Gasteiger partial charge < -0.3 is 14.8 Å². The van der Waals surface area contributed by atoms with Crippen molar-refractivity contribution in [2.45, 2.75) is 33.4 Å². The van der Waals surface area contributed by atoms with Crippen LogP contribution in [0.25, 0.3) is 0 Å². The number of likely N-dealkylation sites (N-methyl/N-ethyl adjacent to an activating group) is 1. The summed E-state index contributed by atoms with van der Waals surface area (Å²) in [5, 5.41) is 18.8. The molecule has 0 fully saturated rings. The lowest BCUT2D eigenvalue weighted by Crippen LogP contribution is -2.26. The summed E-state index contributed by atoms with van der Waals surface area (Å²) in [5.74, 6) is -0.182. The lowest BCUT2D eigenvalue weighted by atomic mass is 10.2. The molecule has 0 saturated carbocycles. The maximum absolute atomic E-state index is 11.6. The number of aryl methyl sites for hydroxylation is 1. The van der Waals surface area contributed by atoms with E-state index in [4.69, 9.17) is 5.11 Å². The first-order chi connectivity index (χ1) is 8.51. The predicted molar refractivity (Wildman–Crippen MR) is 70.8 cm³/mol. The second-order valence-corrected chi connectivity index (χ2v) is 4.56. The summed E-state index contributed by atoms with van der Waals surface area (Å²) in [5.41, 5.74) is 1.14. The smallest absolute Gasteiger partial charge is 0.223 e. The number of aromatic hydroxyl groups is 1. The van der Waals surface area contributed by atoms with Crippen LogP contribution in [-0.2, 0) is 13.1 Å². The van der Waals surface area contributed by atoms with Crippen molar-refractivity contribution in [2.75, 3.05) is 20.2 Å². The molecule has 1 rings (SSSR count). The van der Waals surface area contributed by atoms with Gasteiger partial charge >= 0.3 is 0 Å². The summed E-state index contributed by atoms with van der Waals surface area (Å²) in [6.07, 6.45) is 0.930. The molecule has 0 bridgehead atoms. The van der Waals surface area contributed by atoms with Crippen molar-refractivity contribution < 1.29 is 10.2 Å². The van der Waals surface area contributed by atoms with Gasteiger partial charge in [-0.05, 0) is 20.4 Å². The zero-order valence-corrected chi connectivity index (χ0v) is 11.3. The number of aromatic nitrogens is 1. The molecular formula is C13H22N2O3. The molecular weight excluding hydrogens is 232 g/mol. The van der Waals surface area contributed by atoms with E-state index in [0.29, 0.717) is 18.8 Å². The van der Waals surface area contributed by atoms with E-state index in [2.05, 4.69) is 6.92 Å². The van der Waals surface area contributed by atoms with Crippen LogP contribution in [0.1, 0.15) is 24.7 Å². The lowest BCUT2D eigenvalue weighted by Gasteiger charge is -2.21. The first-order valence-electron chi connectivity index (χ1n) is 6.23. The highest BCUT2D eigenvalue weighted by atomic mass is 16.3. The van der Waals surface area contributed by atoms with Gasteiger partial charge in [-0.3, -0.25) is 9.69 Å². The molecule has 1 aromatic heterocycles. The van der Waals surface area contributed by atoms with Crippen LogP contribution in [0.4, 0.5) is 0 Å². The van der Waals surface area contributed by atoms with E-state index in [-0.39, 0.29) is 17.8 Å². The van der Waals surface area contributed by atoms with Crippen molar-refractivity contribution in [3.8, 4) is 5.75 Å². The Morgan fingerprint density at radius 2 is 2.11 bits per heavy atom. The molecule has 0 aliphatic heterocycles. The summed E-state index contributed by atoms with van der Waals surface area (Å²) in [7, 11) is 1.85. The molecule has 0 radical (unpaired) electrons. The molecule has 0 saturated heterocycles. The van der Waals surface area contributed by atoms with Gasteiger partial charge in [-0.15, -0.1) is 0 Å². The van der Waals surface area contributed by atoms with Gasteiger partial charge in [0.1, 0.15) is 0 Å². The monoisotopic (exact) mass is 254 g/mol. The van der Waals surface area contributed by atoms with Gasteiger partial charge in [-0.1, -0.05) is 6.92 Å². The zero-order valence-electron chi connectivity index (χ0n) is 11.3. The summed E-state index contributed by atoms with van der Waals surface area (Å²) in [4.78, 5) is 13.5. The molecule has 0 spiro atoms. The van der Waals surface area contributed by atoms with Crippen molar-refractivity contribution in [2.24, 2.45) is 0 Å². The van der Waals surface area contributed by atoms with Crippen LogP contribution in [0, 0.1) is 6.92 Å². The van der Waals surface area contributed by atoms with Gasteiger partial charge in [0.05, 0.1) is 12.3 Å². The van der Waals surface area contributed by atoms with E-state index in [9.17, 15) is 9.90 Å². The molecule has 0 aliphatic rings. The van der Waals surface area contributed by atoms with Crippen LogP contribution in [0.15, 0.2) is 10.9 Å². The van der Waals surface area contributed by atoms with Gasteiger partial charge in [0, 0.05) is 31.4 Å². The van der Waals surface area contributed by atoms with E-state index in [1.165, 1.54) is 6.07 Å². The highest BCUT2D eigenvalue weighted by Gasteiger charge is 2.14. The van der Waals surface area contributed by atoms with E-state index in [1.807, 2.05) is 23.4 Å². The Labute approximate surface area is 107 Å². The van der Waals surface area contributed by atoms with Crippen LogP contribution in [0.3, 0.4) is 0 Å². The Kier molecular flexibility index (Phi) is 5.37. The topological polar surface area (TPSA) is 65.7 Å². The molecule has 5 heteroatoms. The summed E-state index contributed by atoms with van der Waals surface area (Å²) in [6, 6.07) is 1.46. The van der Waals surface area contributed by atoms with Crippen molar-refractivity contribution >= 4 is 0 Å². The lowest BCUT2D eigenvalue weighted by molar-refractivity contribution is 0.212. The third kappa shape index (κ3) is 3.34. The number of nitrogens with zero attached hydrogens (tertiary/aromatic N) is 2. The Balaban J connectivity index is 3.16. The molecule has 0 atom stereocenters. The van der Waals surface area contributed by atoms with Gasteiger partial charge in [0.2, 0.25) is 5.43 Å². The number of rotatable bonds is 6. The maximum Gasteiger partial charge on any atom is 0.223 e. The minimum atomic E-state index is -0.341. The number of aliphatic hydroxyl groups excluding tert-OH is 1. The Morgan fingerprint density at radius 3 is 2.67 bits per heavy atom. The Morgan fingerprint density at radius 1 is 1.44 bits per heavy atom. The minimum absolute atomic E-state index is 0.0566. The standard InChI is InChI=1S/C13H22N2O3/c1-4-5-15-10(2)8-12(17)13(18)11(15)9-14(3)6-7-16/h8,16,18H,4-7,9H2,1-3H3. The first kappa shape index (κ1) is 14.7. The Bertz CT molecular complexity index is 454. The third-order valence-electron chi connectivity index (χ3n) is 2.95. The van der Waals surface area contributed by atoms with Crippen molar-refractivity contribution in [1.29, 1.82) is 0 Å². The molecule has 0 unspecified atom stereocenters. The fraction of sp³-hybridized carbons (Fsp3) is 0.615. The molecule has 5 nitrogen and oxygen atoms in total. The number of hydrogen-bond acceptors (Lipinski definition) is 4. The van der Waals surface area contributed by atoms with Crippen LogP contribution in [-0.4, -0.2) is 39.9 Å². The summed E-state index contributed by atoms with van der Waals surface area (Å²) < 4.78 is 1.96. The molecule has 1 aromatic rings. The van der Waals surface area contributed by atoms with Crippen molar-refractivity contribution in [3.05, 3.63) is 27.7 Å². The van der Waals surface area contributed by atoms with Crippen LogP contribution < -0.4 is 5.43 Å². The molecule has 0 aromatic carbocycles. The second kappa shape index (κ2) is 6.56. The van der Waals surface area contributed by atoms with Crippen LogP contribution >= 0.6 is 0 Å². The van der Waals surface area contributed by atoms with Crippen molar-refractivity contribution in [1.82, 2.24) is 9.47 Å². The minimum Gasteiger partial charge on any atom is -0.503 e. The van der Waals surface area contributed by atoms with Gasteiger partial charge in [-0.25, -0.2) is 0 Å². The largest absolute Gasteiger partial charge is 0.503 e. The van der Waals surface area contributed by atoms with E-state index >= 15 is 0 Å². The molecule has 18 heavy (non-hydrogen) atoms. The number of hydrogen-bond donors (Lipinski definition) is 2. The fourth-order valence-electron chi connectivity index (χ4n) is 2.02. The molecule has 2 N–H and O–H groups in total. The van der Waals surface area contributed by atoms with Crippen LogP contribution in [0.2, 0.25) is 0 Å².